The highest BCUT2D eigenvalue weighted by Gasteiger charge is 2.43. The van der Waals surface area contributed by atoms with Crippen LogP contribution in [0, 0.1) is 12.7 Å². The molecule has 1 atom stereocenters. The van der Waals surface area contributed by atoms with E-state index in [9.17, 15) is 14.0 Å². The number of hydrogen-bond acceptors (Lipinski definition) is 4. The van der Waals surface area contributed by atoms with E-state index in [0.717, 1.165) is 11.6 Å². The molecule has 1 aliphatic heterocycles. The standard InChI is InChI=1S/C26H19ClFNO4/c1-3-32-18-9-5-15(6-10-18)23-22-24(30)19-12-16(28)7-11-21(19)33-25(22)26(31)29(23)17-8-4-14(2)20(27)13-17/h4-13,23H,3H2,1-2H3. The zero-order valence-electron chi connectivity index (χ0n) is 17.9. The third-order valence-corrected chi connectivity index (χ3v) is 6.18. The van der Waals surface area contributed by atoms with Gasteiger partial charge < -0.3 is 9.15 Å². The molecule has 0 bridgehead atoms. The molecule has 0 aliphatic carbocycles. The maximum Gasteiger partial charge on any atom is 0.295 e. The summed E-state index contributed by atoms with van der Waals surface area (Å²) in [4.78, 5) is 28.6. The highest BCUT2D eigenvalue weighted by Crippen LogP contribution is 2.42. The van der Waals surface area contributed by atoms with E-state index in [1.165, 1.54) is 17.0 Å². The van der Waals surface area contributed by atoms with E-state index in [2.05, 4.69) is 0 Å². The highest BCUT2D eigenvalue weighted by atomic mass is 35.5. The van der Waals surface area contributed by atoms with Crippen LogP contribution in [0.1, 0.15) is 40.2 Å². The number of hydrogen-bond donors (Lipinski definition) is 0. The summed E-state index contributed by atoms with van der Waals surface area (Å²) in [6.45, 7) is 4.26. The van der Waals surface area contributed by atoms with Gasteiger partial charge in [0, 0.05) is 10.7 Å². The van der Waals surface area contributed by atoms with E-state index in [4.69, 9.17) is 20.8 Å². The van der Waals surface area contributed by atoms with Crippen molar-refractivity contribution in [2.24, 2.45) is 0 Å². The Labute approximate surface area is 194 Å². The van der Waals surface area contributed by atoms with E-state index >= 15 is 0 Å². The molecule has 0 spiro atoms. The average Bonchev–Trinajstić information content (AvgIpc) is 3.09. The summed E-state index contributed by atoms with van der Waals surface area (Å²) >= 11 is 6.35. The molecule has 1 amide bonds. The number of fused-ring (bicyclic) bond motifs is 2. The maximum atomic E-state index is 13.9. The predicted octanol–water partition coefficient (Wildman–Crippen LogP) is 6.04. The largest absolute Gasteiger partial charge is 0.494 e. The van der Waals surface area contributed by atoms with Gasteiger partial charge in [0.1, 0.15) is 17.1 Å². The van der Waals surface area contributed by atoms with Crippen LogP contribution in [0.5, 0.6) is 5.75 Å². The lowest BCUT2D eigenvalue weighted by Crippen LogP contribution is -2.29. The molecule has 33 heavy (non-hydrogen) atoms. The molecule has 1 aromatic heterocycles. The van der Waals surface area contributed by atoms with Gasteiger partial charge >= 0.3 is 0 Å². The zero-order chi connectivity index (χ0) is 23.3. The Hall–Kier alpha value is -3.64. The van der Waals surface area contributed by atoms with Crippen LogP contribution in [0.15, 0.2) is 69.9 Å². The summed E-state index contributed by atoms with van der Waals surface area (Å²) in [6.07, 6.45) is 0. The fourth-order valence-corrected chi connectivity index (χ4v) is 4.35. The Morgan fingerprint density at radius 2 is 1.82 bits per heavy atom. The minimum Gasteiger partial charge on any atom is -0.494 e. The smallest absolute Gasteiger partial charge is 0.295 e. The van der Waals surface area contributed by atoms with Crippen molar-refractivity contribution >= 4 is 34.2 Å². The molecule has 5 rings (SSSR count). The number of nitrogens with zero attached hydrogens (tertiary/aromatic N) is 1. The number of aryl methyl sites for hydroxylation is 1. The van der Waals surface area contributed by atoms with Gasteiger partial charge in [-0.3, -0.25) is 14.5 Å². The van der Waals surface area contributed by atoms with Crippen LogP contribution < -0.4 is 15.1 Å². The van der Waals surface area contributed by atoms with Crippen LogP contribution in [0.2, 0.25) is 5.02 Å². The number of halogens is 2. The average molecular weight is 464 g/mol. The third-order valence-electron chi connectivity index (χ3n) is 5.77. The molecule has 4 aromatic rings. The Morgan fingerprint density at radius 1 is 1.06 bits per heavy atom. The molecular formula is C26H19ClFNO4. The Morgan fingerprint density at radius 3 is 2.52 bits per heavy atom. The van der Waals surface area contributed by atoms with E-state index in [-0.39, 0.29) is 22.3 Å². The molecule has 2 heterocycles. The lowest BCUT2D eigenvalue weighted by Gasteiger charge is -2.25. The van der Waals surface area contributed by atoms with Crippen molar-refractivity contribution in [1.29, 1.82) is 0 Å². The van der Waals surface area contributed by atoms with Gasteiger partial charge in [-0.15, -0.1) is 0 Å². The van der Waals surface area contributed by atoms with Gasteiger partial charge in [0.05, 0.1) is 23.6 Å². The van der Waals surface area contributed by atoms with E-state index in [1.54, 1.807) is 36.4 Å². The fraction of sp³-hybridized carbons (Fsp3) is 0.154. The van der Waals surface area contributed by atoms with Gasteiger partial charge in [-0.05, 0) is 67.4 Å². The Bertz CT molecular complexity index is 1460. The van der Waals surface area contributed by atoms with Gasteiger partial charge in [-0.25, -0.2) is 4.39 Å². The van der Waals surface area contributed by atoms with Gasteiger partial charge in [-0.2, -0.15) is 0 Å². The van der Waals surface area contributed by atoms with Gasteiger partial charge in [0.25, 0.3) is 5.91 Å². The van der Waals surface area contributed by atoms with Crippen molar-refractivity contribution in [3.8, 4) is 5.75 Å². The minimum atomic E-state index is -0.772. The lowest BCUT2D eigenvalue weighted by molar-refractivity contribution is 0.0971. The number of carbonyl (C=O) groups excluding carboxylic acids is 1. The van der Waals surface area contributed by atoms with Gasteiger partial charge in [-0.1, -0.05) is 29.8 Å². The quantitative estimate of drug-likeness (QED) is 0.370. The summed E-state index contributed by atoms with van der Waals surface area (Å²) in [7, 11) is 0. The number of rotatable bonds is 4. The minimum absolute atomic E-state index is 0.0605. The number of carbonyl (C=O) groups is 1. The molecular weight excluding hydrogens is 445 g/mol. The van der Waals surface area contributed by atoms with Crippen molar-refractivity contribution in [1.82, 2.24) is 0 Å². The van der Waals surface area contributed by atoms with Crippen LogP contribution in [-0.2, 0) is 0 Å². The number of ether oxygens (including phenoxy) is 1. The van der Waals surface area contributed by atoms with Crippen LogP contribution in [0.3, 0.4) is 0 Å². The first kappa shape index (κ1) is 21.2. The van der Waals surface area contributed by atoms with Crippen LogP contribution in [0.4, 0.5) is 10.1 Å². The number of anilines is 1. The first-order valence-electron chi connectivity index (χ1n) is 10.5. The second kappa shape index (κ2) is 8.05. The summed E-state index contributed by atoms with van der Waals surface area (Å²) in [5, 5.41) is 0.578. The zero-order valence-corrected chi connectivity index (χ0v) is 18.7. The normalized spacial score (nSPS) is 15.2. The van der Waals surface area contributed by atoms with E-state index < -0.39 is 23.2 Å². The van der Waals surface area contributed by atoms with Crippen molar-refractivity contribution < 1.29 is 18.3 Å². The van der Waals surface area contributed by atoms with Gasteiger partial charge in [0.15, 0.2) is 5.43 Å². The SMILES string of the molecule is CCOc1ccc(C2c3c(oc4ccc(F)cc4c3=O)C(=O)N2c2ccc(C)c(Cl)c2)cc1. The first-order valence-corrected chi connectivity index (χ1v) is 10.9. The summed E-state index contributed by atoms with van der Waals surface area (Å²) in [6, 6.07) is 15.3. The first-order chi connectivity index (χ1) is 15.9. The molecule has 166 valence electrons. The molecule has 1 aliphatic rings. The molecule has 0 saturated heterocycles. The Kier molecular flexibility index (Phi) is 5.17. The second-order valence-corrected chi connectivity index (χ2v) is 8.23. The monoisotopic (exact) mass is 463 g/mol. The topological polar surface area (TPSA) is 59.8 Å². The molecule has 7 heteroatoms. The Balaban J connectivity index is 1.77. The van der Waals surface area contributed by atoms with Crippen molar-refractivity contribution in [3.05, 3.63) is 104 Å². The molecule has 3 aromatic carbocycles. The molecule has 1 unspecified atom stereocenters. The third kappa shape index (κ3) is 3.47. The lowest BCUT2D eigenvalue weighted by atomic mass is 9.98. The summed E-state index contributed by atoms with van der Waals surface area (Å²) in [5.41, 5.74) is 1.94. The van der Waals surface area contributed by atoms with E-state index in [1.807, 2.05) is 19.9 Å². The van der Waals surface area contributed by atoms with Crippen LogP contribution in [-0.4, -0.2) is 12.5 Å². The summed E-state index contributed by atoms with van der Waals surface area (Å²) in [5.74, 6) is -0.413. The fourth-order valence-electron chi connectivity index (χ4n) is 4.17. The molecule has 5 nitrogen and oxygen atoms in total. The van der Waals surface area contributed by atoms with Crippen molar-refractivity contribution in [2.45, 2.75) is 19.9 Å². The summed E-state index contributed by atoms with van der Waals surface area (Å²) < 4.78 is 25.3. The molecule has 0 fully saturated rings. The van der Waals surface area contributed by atoms with Crippen LogP contribution in [0.25, 0.3) is 11.0 Å². The van der Waals surface area contributed by atoms with Crippen LogP contribution >= 0.6 is 11.6 Å². The van der Waals surface area contributed by atoms with Crippen molar-refractivity contribution in [3.63, 3.8) is 0 Å². The maximum absolute atomic E-state index is 13.9. The van der Waals surface area contributed by atoms with Crippen molar-refractivity contribution in [2.75, 3.05) is 11.5 Å². The van der Waals surface area contributed by atoms with E-state index in [0.29, 0.717) is 28.6 Å². The molecule has 0 radical (unpaired) electrons. The predicted molar refractivity (Wildman–Crippen MR) is 125 cm³/mol. The molecule has 0 saturated carbocycles. The highest BCUT2D eigenvalue weighted by molar-refractivity contribution is 6.31. The molecule has 0 N–H and O–H groups in total. The second-order valence-electron chi connectivity index (χ2n) is 7.83. The number of amides is 1. The number of benzene rings is 3. The van der Waals surface area contributed by atoms with Gasteiger partial charge in [0.2, 0.25) is 5.76 Å².